The molecule has 0 aromatic heterocycles. The van der Waals surface area contributed by atoms with Crippen LogP contribution < -0.4 is 4.90 Å². The zero-order valence-corrected chi connectivity index (χ0v) is 16.7. The Morgan fingerprint density at radius 1 is 0.933 bits per heavy atom. The van der Waals surface area contributed by atoms with E-state index in [1.807, 2.05) is 19.1 Å². The quantitative estimate of drug-likeness (QED) is 0.576. The number of carbonyl (C=O) groups is 4. The smallest absolute Gasteiger partial charge is 0.338 e. The van der Waals surface area contributed by atoms with Crippen molar-refractivity contribution >= 4 is 29.4 Å². The average Bonchev–Trinajstić information content (AvgIpc) is 3.02. The Hall–Kier alpha value is -3.48. The molecule has 0 unspecified atom stereocenters. The molecule has 154 valence electrons. The van der Waals surface area contributed by atoms with Crippen molar-refractivity contribution in [3.8, 4) is 0 Å². The number of fused-ring (bicyclic) bond motifs is 1. The third-order valence-corrected chi connectivity index (χ3v) is 5.51. The first kappa shape index (κ1) is 19.8. The fraction of sp³-hybridized carbons (Fsp3) is 0.304. The van der Waals surface area contributed by atoms with Gasteiger partial charge in [0.25, 0.3) is 17.7 Å². The monoisotopic (exact) mass is 406 g/mol. The maximum Gasteiger partial charge on any atom is 0.338 e. The molecule has 4 rings (SSSR count). The van der Waals surface area contributed by atoms with Crippen LogP contribution in [0.1, 0.15) is 55.9 Å². The van der Waals surface area contributed by atoms with Gasteiger partial charge in [0.15, 0.2) is 6.61 Å². The van der Waals surface area contributed by atoms with Crippen LogP contribution in [0.5, 0.6) is 0 Å². The molecule has 0 atom stereocenters. The second-order valence-corrected chi connectivity index (χ2v) is 7.51. The first-order valence-electron chi connectivity index (χ1n) is 10.0. The molecule has 0 bridgehead atoms. The lowest BCUT2D eigenvalue weighted by Crippen LogP contribution is -2.38. The molecule has 0 radical (unpaired) electrons. The van der Waals surface area contributed by atoms with E-state index in [4.69, 9.17) is 4.74 Å². The van der Waals surface area contributed by atoms with Crippen LogP contribution in [-0.2, 0) is 9.53 Å². The van der Waals surface area contributed by atoms with E-state index in [2.05, 4.69) is 0 Å². The van der Waals surface area contributed by atoms with E-state index in [-0.39, 0.29) is 29.2 Å². The van der Waals surface area contributed by atoms with Crippen LogP contribution in [0.2, 0.25) is 0 Å². The standard InChI is InChI=1S/C23H22N2O5/c1-15-7-3-4-8-19(15)25-21(27)17-10-9-16(13-18(17)22(25)28)23(29)30-14-20(26)24-11-5-2-6-12-24/h3-4,7-10,13H,2,5-6,11-12,14H2,1H3. The number of carbonyl (C=O) groups excluding carboxylic acids is 4. The van der Waals surface area contributed by atoms with Crippen molar-refractivity contribution in [1.82, 2.24) is 4.90 Å². The molecule has 2 aliphatic heterocycles. The van der Waals surface area contributed by atoms with Crippen molar-refractivity contribution in [1.29, 1.82) is 0 Å². The second kappa shape index (κ2) is 8.10. The van der Waals surface area contributed by atoms with E-state index in [1.54, 1.807) is 17.0 Å². The van der Waals surface area contributed by atoms with Crippen molar-refractivity contribution in [2.45, 2.75) is 26.2 Å². The Kier molecular flexibility index (Phi) is 5.35. The summed E-state index contributed by atoms with van der Waals surface area (Å²) in [6, 6.07) is 11.4. The number of hydrogen-bond donors (Lipinski definition) is 0. The summed E-state index contributed by atoms with van der Waals surface area (Å²) in [6.07, 6.45) is 3.01. The minimum absolute atomic E-state index is 0.132. The van der Waals surface area contributed by atoms with Gasteiger partial charge in [-0.25, -0.2) is 9.69 Å². The number of hydrogen-bond acceptors (Lipinski definition) is 5. The molecular weight excluding hydrogens is 384 g/mol. The maximum absolute atomic E-state index is 12.9. The summed E-state index contributed by atoms with van der Waals surface area (Å²) in [5.74, 6) is -1.83. The topological polar surface area (TPSA) is 84.0 Å². The van der Waals surface area contributed by atoms with E-state index in [9.17, 15) is 19.2 Å². The summed E-state index contributed by atoms with van der Waals surface area (Å²) in [6.45, 7) is 2.85. The van der Waals surface area contributed by atoms with Gasteiger partial charge in [0, 0.05) is 13.1 Å². The van der Waals surface area contributed by atoms with Crippen molar-refractivity contribution in [2.75, 3.05) is 24.6 Å². The Morgan fingerprint density at radius 2 is 1.63 bits per heavy atom. The van der Waals surface area contributed by atoms with Crippen LogP contribution in [0, 0.1) is 6.92 Å². The largest absolute Gasteiger partial charge is 0.452 e. The molecule has 2 heterocycles. The fourth-order valence-electron chi connectivity index (χ4n) is 3.85. The first-order valence-corrected chi connectivity index (χ1v) is 10.0. The molecule has 2 aromatic rings. The highest BCUT2D eigenvalue weighted by molar-refractivity contribution is 6.34. The fourth-order valence-corrected chi connectivity index (χ4v) is 3.85. The van der Waals surface area contributed by atoms with Crippen molar-refractivity contribution in [2.24, 2.45) is 0 Å². The SMILES string of the molecule is Cc1ccccc1N1C(=O)c2ccc(C(=O)OCC(=O)N3CCCCC3)cc2C1=O. The highest BCUT2D eigenvalue weighted by atomic mass is 16.5. The number of ether oxygens (including phenoxy) is 1. The lowest BCUT2D eigenvalue weighted by Gasteiger charge is -2.26. The summed E-state index contributed by atoms with van der Waals surface area (Å²) < 4.78 is 5.16. The van der Waals surface area contributed by atoms with Gasteiger partial charge in [-0.1, -0.05) is 18.2 Å². The number of anilines is 1. The van der Waals surface area contributed by atoms with Crippen molar-refractivity contribution < 1.29 is 23.9 Å². The molecule has 2 aromatic carbocycles. The zero-order valence-electron chi connectivity index (χ0n) is 16.7. The van der Waals surface area contributed by atoms with Gasteiger partial charge in [-0.3, -0.25) is 14.4 Å². The Balaban J connectivity index is 1.49. The first-order chi connectivity index (χ1) is 14.5. The van der Waals surface area contributed by atoms with Crippen LogP contribution >= 0.6 is 0 Å². The van der Waals surface area contributed by atoms with Gasteiger partial charge in [-0.05, 0) is 56.0 Å². The number of likely N-dealkylation sites (tertiary alicyclic amines) is 1. The van der Waals surface area contributed by atoms with Crippen LogP contribution in [0.3, 0.4) is 0 Å². The van der Waals surface area contributed by atoms with E-state index in [1.165, 1.54) is 18.2 Å². The molecular formula is C23H22N2O5. The van der Waals surface area contributed by atoms with Crippen LogP contribution in [0.25, 0.3) is 0 Å². The molecule has 30 heavy (non-hydrogen) atoms. The summed E-state index contributed by atoms with van der Waals surface area (Å²) in [7, 11) is 0. The molecule has 1 fully saturated rings. The highest BCUT2D eigenvalue weighted by Gasteiger charge is 2.37. The van der Waals surface area contributed by atoms with Gasteiger partial charge < -0.3 is 9.64 Å². The van der Waals surface area contributed by atoms with E-state index >= 15 is 0 Å². The van der Waals surface area contributed by atoms with Crippen molar-refractivity contribution in [3.05, 3.63) is 64.7 Å². The van der Waals surface area contributed by atoms with Gasteiger partial charge in [-0.15, -0.1) is 0 Å². The van der Waals surface area contributed by atoms with E-state index < -0.39 is 17.8 Å². The van der Waals surface area contributed by atoms with Gasteiger partial charge in [0.05, 0.1) is 22.4 Å². The molecule has 0 aliphatic carbocycles. The Morgan fingerprint density at radius 3 is 2.37 bits per heavy atom. The summed E-state index contributed by atoms with van der Waals surface area (Å²) in [5, 5.41) is 0. The van der Waals surface area contributed by atoms with Crippen LogP contribution in [-0.4, -0.2) is 48.3 Å². The highest BCUT2D eigenvalue weighted by Crippen LogP contribution is 2.31. The molecule has 3 amide bonds. The summed E-state index contributed by atoms with van der Waals surface area (Å²) in [5.41, 5.74) is 1.83. The van der Waals surface area contributed by atoms with Gasteiger partial charge >= 0.3 is 5.97 Å². The van der Waals surface area contributed by atoms with Crippen molar-refractivity contribution in [3.63, 3.8) is 0 Å². The summed E-state index contributed by atoms with van der Waals surface area (Å²) in [4.78, 5) is 53.1. The van der Waals surface area contributed by atoms with E-state index in [0.29, 0.717) is 18.8 Å². The van der Waals surface area contributed by atoms with Gasteiger partial charge in [-0.2, -0.15) is 0 Å². The lowest BCUT2D eigenvalue weighted by molar-refractivity contribution is -0.135. The number of imide groups is 1. The lowest BCUT2D eigenvalue weighted by atomic mass is 10.1. The predicted molar refractivity (Wildman–Crippen MR) is 109 cm³/mol. The molecule has 0 N–H and O–H groups in total. The Bertz CT molecular complexity index is 1040. The van der Waals surface area contributed by atoms with Gasteiger partial charge in [0.1, 0.15) is 0 Å². The Labute approximate surface area is 174 Å². The normalized spacial score (nSPS) is 15.9. The number of aryl methyl sites for hydroxylation is 1. The molecule has 2 aliphatic rings. The number of benzene rings is 2. The average molecular weight is 406 g/mol. The molecule has 0 spiro atoms. The minimum Gasteiger partial charge on any atom is -0.452 e. The molecule has 1 saturated heterocycles. The summed E-state index contributed by atoms with van der Waals surface area (Å²) >= 11 is 0. The third-order valence-electron chi connectivity index (χ3n) is 5.51. The van der Waals surface area contributed by atoms with Crippen LogP contribution in [0.15, 0.2) is 42.5 Å². The zero-order chi connectivity index (χ0) is 21.3. The number of rotatable bonds is 4. The molecule has 7 heteroatoms. The number of para-hydroxylation sites is 1. The minimum atomic E-state index is -0.697. The molecule has 7 nitrogen and oxygen atoms in total. The number of esters is 1. The maximum atomic E-state index is 12.9. The number of amides is 3. The predicted octanol–water partition coefficient (Wildman–Crippen LogP) is 2.96. The van der Waals surface area contributed by atoms with Gasteiger partial charge in [0.2, 0.25) is 0 Å². The second-order valence-electron chi connectivity index (χ2n) is 7.51. The van der Waals surface area contributed by atoms with E-state index in [0.717, 1.165) is 29.7 Å². The number of nitrogens with zero attached hydrogens (tertiary/aromatic N) is 2. The molecule has 0 saturated carbocycles. The number of piperidine rings is 1. The van der Waals surface area contributed by atoms with Crippen LogP contribution in [0.4, 0.5) is 5.69 Å². The third kappa shape index (κ3) is 3.58.